The van der Waals surface area contributed by atoms with Crippen molar-refractivity contribution >= 4 is 11.6 Å². The van der Waals surface area contributed by atoms with Gasteiger partial charge in [0.2, 0.25) is 0 Å². The van der Waals surface area contributed by atoms with E-state index in [4.69, 9.17) is 5.73 Å². The summed E-state index contributed by atoms with van der Waals surface area (Å²) in [6.45, 7) is 0.616. The van der Waals surface area contributed by atoms with Gasteiger partial charge in [-0.1, -0.05) is 0 Å². The highest BCUT2D eigenvalue weighted by Crippen LogP contribution is 2.29. The number of nitrogens with zero attached hydrogens (tertiary/aromatic N) is 2. The Morgan fingerprint density at radius 3 is 2.74 bits per heavy atom. The summed E-state index contributed by atoms with van der Waals surface area (Å²) >= 11 is 0. The van der Waals surface area contributed by atoms with E-state index in [1.165, 1.54) is 0 Å². The normalized spacial score (nSPS) is 14.3. The molecule has 3 N–H and O–H groups in total. The molecule has 0 saturated heterocycles. The smallest absolute Gasteiger partial charge is 0.270 e. The number of aromatic amines is 1. The molecule has 2 aromatic rings. The Morgan fingerprint density at radius 2 is 2.16 bits per heavy atom. The molecule has 1 saturated carbocycles. The number of carbonyl (C=O) groups is 1. The maximum absolute atomic E-state index is 12.5. The molecular weight excluding hydrogens is 240 g/mol. The molecule has 2 aromatic heterocycles. The molecule has 1 fully saturated rings. The van der Waals surface area contributed by atoms with E-state index in [0.717, 1.165) is 18.4 Å². The number of nitrogens with one attached hydrogen (secondary N) is 1. The number of nitrogen functional groups attached to an aromatic ring is 1. The van der Waals surface area contributed by atoms with Crippen LogP contribution in [0.5, 0.6) is 0 Å². The zero-order valence-corrected chi connectivity index (χ0v) is 10.5. The van der Waals surface area contributed by atoms with Crippen molar-refractivity contribution in [2.75, 3.05) is 5.73 Å². The van der Waals surface area contributed by atoms with Crippen molar-refractivity contribution in [3.8, 4) is 0 Å². The van der Waals surface area contributed by atoms with Crippen LogP contribution in [-0.4, -0.2) is 26.8 Å². The zero-order valence-electron chi connectivity index (χ0n) is 10.5. The first-order valence-corrected chi connectivity index (χ1v) is 6.38. The molecule has 1 amide bonds. The molecule has 1 aliphatic rings. The molecule has 5 heteroatoms. The fourth-order valence-corrected chi connectivity index (χ4v) is 2.13. The molecule has 19 heavy (non-hydrogen) atoms. The van der Waals surface area contributed by atoms with Crippen LogP contribution in [0.15, 0.2) is 36.8 Å². The molecule has 0 radical (unpaired) electrons. The molecule has 0 aromatic carbocycles. The summed E-state index contributed by atoms with van der Waals surface area (Å²) in [6.07, 6.45) is 7.29. The van der Waals surface area contributed by atoms with Crippen molar-refractivity contribution in [3.63, 3.8) is 0 Å². The summed E-state index contributed by atoms with van der Waals surface area (Å²) in [5, 5.41) is 0. The second-order valence-corrected chi connectivity index (χ2v) is 4.87. The van der Waals surface area contributed by atoms with Crippen LogP contribution in [0.4, 0.5) is 5.69 Å². The summed E-state index contributed by atoms with van der Waals surface area (Å²) < 4.78 is 0. The van der Waals surface area contributed by atoms with Crippen LogP contribution >= 0.6 is 0 Å². The van der Waals surface area contributed by atoms with Gasteiger partial charge in [0.15, 0.2) is 0 Å². The predicted octanol–water partition coefficient (Wildman–Crippen LogP) is 1.80. The number of aromatic nitrogens is 2. The van der Waals surface area contributed by atoms with E-state index in [-0.39, 0.29) is 5.91 Å². The lowest BCUT2D eigenvalue weighted by Crippen LogP contribution is -2.32. The van der Waals surface area contributed by atoms with Gasteiger partial charge in [0, 0.05) is 36.9 Å². The summed E-state index contributed by atoms with van der Waals surface area (Å²) in [5.74, 6) is 0.0102. The maximum Gasteiger partial charge on any atom is 0.270 e. The Hall–Kier alpha value is -2.30. The van der Waals surface area contributed by atoms with Gasteiger partial charge in [-0.25, -0.2) is 0 Å². The molecular formula is C14H16N4O. The molecule has 0 unspecified atom stereocenters. The highest BCUT2D eigenvalue weighted by molar-refractivity contribution is 5.93. The first-order chi connectivity index (χ1) is 9.24. The van der Waals surface area contributed by atoms with Crippen LogP contribution in [-0.2, 0) is 6.54 Å². The molecule has 1 aliphatic carbocycles. The fraction of sp³-hybridized carbons (Fsp3) is 0.286. The Balaban J connectivity index is 1.79. The van der Waals surface area contributed by atoms with Crippen molar-refractivity contribution < 1.29 is 4.79 Å². The van der Waals surface area contributed by atoms with Crippen LogP contribution in [0.25, 0.3) is 0 Å². The minimum atomic E-state index is 0.0102. The Labute approximate surface area is 111 Å². The van der Waals surface area contributed by atoms with Crippen LogP contribution in [0.3, 0.4) is 0 Å². The summed E-state index contributed by atoms with van der Waals surface area (Å²) in [5.41, 5.74) is 7.88. The van der Waals surface area contributed by atoms with E-state index in [1.807, 2.05) is 17.0 Å². The third kappa shape index (κ3) is 2.59. The van der Waals surface area contributed by atoms with E-state index in [9.17, 15) is 4.79 Å². The average molecular weight is 256 g/mol. The number of hydrogen-bond acceptors (Lipinski definition) is 3. The van der Waals surface area contributed by atoms with Gasteiger partial charge in [-0.3, -0.25) is 9.78 Å². The summed E-state index contributed by atoms with van der Waals surface area (Å²) in [6, 6.07) is 5.91. The Bertz CT molecular complexity index is 574. The van der Waals surface area contributed by atoms with E-state index < -0.39 is 0 Å². The Morgan fingerprint density at radius 1 is 1.42 bits per heavy atom. The van der Waals surface area contributed by atoms with E-state index in [0.29, 0.717) is 24.0 Å². The summed E-state index contributed by atoms with van der Waals surface area (Å²) in [7, 11) is 0. The van der Waals surface area contributed by atoms with E-state index >= 15 is 0 Å². The van der Waals surface area contributed by atoms with Crippen molar-refractivity contribution in [3.05, 3.63) is 48.0 Å². The second kappa shape index (κ2) is 4.76. The maximum atomic E-state index is 12.5. The quantitative estimate of drug-likeness (QED) is 0.875. The highest BCUT2D eigenvalue weighted by Gasteiger charge is 2.33. The second-order valence-electron chi connectivity index (χ2n) is 4.87. The van der Waals surface area contributed by atoms with Gasteiger partial charge in [0.05, 0.1) is 0 Å². The molecule has 5 nitrogen and oxygen atoms in total. The topological polar surface area (TPSA) is 75.0 Å². The van der Waals surface area contributed by atoms with Crippen LogP contribution in [0.1, 0.15) is 28.9 Å². The lowest BCUT2D eigenvalue weighted by molar-refractivity contribution is 0.0724. The van der Waals surface area contributed by atoms with E-state index in [1.54, 1.807) is 24.7 Å². The minimum absolute atomic E-state index is 0.0102. The Kier molecular flexibility index (Phi) is 2.95. The summed E-state index contributed by atoms with van der Waals surface area (Å²) in [4.78, 5) is 21.3. The van der Waals surface area contributed by atoms with Crippen LogP contribution in [0.2, 0.25) is 0 Å². The fourth-order valence-electron chi connectivity index (χ4n) is 2.13. The van der Waals surface area contributed by atoms with Gasteiger partial charge >= 0.3 is 0 Å². The van der Waals surface area contributed by atoms with Gasteiger partial charge in [-0.2, -0.15) is 0 Å². The first-order valence-electron chi connectivity index (χ1n) is 6.38. The van der Waals surface area contributed by atoms with Crippen molar-refractivity contribution in [2.45, 2.75) is 25.4 Å². The lowest BCUT2D eigenvalue weighted by atomic mass is 10.2. The minimum Gasteiger partial charge on any atom is -0.397 e. The van der Waals surface area contributed by atoms with Gasteiger partial charge < -0.3 is 15.6 Å². The average Bonchev–Trinajstić information content (AvgIpc) is 3.18. The highest BCUT2D eigenvalue weighted by atomic mass is 16.2. The van der Waals surface area contributed by atoms with Crippen LogP contribution in [0, 0.1) is 0 Å². The van der Waals surface area contributed by atoms with Crippen molar-refractivity contribution in [1.82, 2.24) is 14.9 Å². The predicted molar refractivity (Wildman–Crippen MR) is 72.3 cm³/mol. The van der Waals surface area contributed by atoms with Gasteiger partial charge in [-0.05, 0) is 36.6 Å². The van der Waals surface area contributed by atoms with Crippen molar-refractivity contribution in [2.24, 2.45) is 0 Å². The molecule has 98 valence electrons. The molecule has 0 spiro atoms. The number of carbonyl (C=O) groups excluding carboxylic acids is 1. The van der Waals surface area contributed by atoms with Gasteiger partial charge in [0.25, 0.3) is 5.91 Å². The van der Waals surface area contributed by atoms with Crippen molar-refractivity contribution in [1.29, 1.82) is 0 Å². The third-order valence-corrected chi connectivity index (χ3v) is 3.29. The number of pyridine rings is 1. The number of hydrogen-bond donors (Lipinski definition) is 2. The third-order valence-electron chi connectivity index (χ3n) is 3.29. The molecule has 0 bridgehead atoms. The number of anilines is 1. The molecule has 0 atom stereocenters. The standard InChI is InChI=1S/C14H16N4O/c15-11-7-13(17-8-11)14(19)18(12-1-2-12)9-10-3-5-16-6-4-10/h3-8,12,17H,1-2,9,15H2. The number of nitrogens with two attached hydrogens (primary N) is 1. The number of rotatable bonds is 4. The molecule has 2 heterocycles. The monoisotopic (exact) mass is 256 g/mol. The van der Waals surface area contributed by atoms with Crippen LogP contribution < -0.4 is 5.73 Å². The number of amides is 1. The van der Waals surface area contributed by atoms with Gasteiger partial charge in [0.1, 0.15) is 5.69 Å². The molecule has 3 rings (SSSR count). The molecule has 0 aliphatic heterocycles. The largest absolute Gasteiger partial charge is 0.397 e. The lowest BCUT2D eigenvalue weighted by Gasteiger charge is -2.21. The first kappa shape index (κ1) is 11.8. The van der Waals surface area contributed by atoms with Gasteiger partial charge in [-0.15, -0.1) is 0 Å². The SMILES string of the molecule is Nc1c[nH]c(C(=O)N(Cc2ccncc2)C2CC2)c1. The number of H-pyrrole nitrogens is 1. The zero-order chi connectivity index (χ0) is 13.2. The van der Waals surface area contributed by atoms with E-state index in [2.05, 4.69) is 9.97 Å².